The Kier molecular flexibility index (Phi) is 5.27. The van der Waals surface area contributed by atoms with Gasteiger partial charge < -0.3 is 5.73 Å². The summed E-state index contributed by atoms with van der Waals surface area (Å²) < 4.78 is 1.86. The van der Waals surface area contributed by atoms with Crippen LogP contribution in [0.15, 0.2) is 30.6 Å². The maximum atomic E-state index is 6.14. The normalized spacial score (nSPS) is 21.8. The Morgan fingerprint density at radius 3 is 2.68 bits per heavy atom. The largest absolute Gasteiger partial charge is 0.326 e. The summed E-state index contributed by atoms with van der Waals surface area (Å²) in [5, 5.41) is 4.30. The highest BCUT2D eigenvalue weighted by atomic mass is 35.5. The molecule has 0 aliphatic carbocycles. The van der Waals surface area contributed by atoms with E-state index in [1.54, 1.807) is 0 Å². The molecule has 2 aromatic rings. The SMILES string of the molecule is Cc1ccc(CN2CC(C)C(N)C2)c(-c2cnn(C)c2)c1.Cl. The predicted octanol–water partition coefficient (Wildman–Crippen LogP) is 2.60. The maximum Gasteiger partial charge on any atom is 0.0568 e. The molecule has 2 unspecified atom stereocenters. The molecule has 2 heterocycles. The molecular formula is C17H25ClN4. The molecule has 22 heavy (non-hydrogen) atoms. The molecule has 0 radical (unpaired) electrons. The molecule has 1 aliphatic heterocycles. The summed E-state index contributed by atoms with van der Waals surface area (Å²) in [6, 6.07) is 6.99. The predicted molar refractivity (Wildman–Crippen MR) is 93.0 cm³/mol. The second kappa shape index (κ2) is 6.82. The van der Waals surface area contributed by atoms with Crippen molar-refractivity contribution in [1.29, 1.82) is 0 Å². The number of likely N-dealkylation sites (tertiary alicyclic amines) is 1. The lowest BCUT2D eigenvalue weighted by molar-refractivity contribution is 0.319. The summed E-state index contributed by atoms with van der Waals surface area (Å²) in [7, 11) is 1.96. The van der Waals surface area contributed by atoms with E-state index >= 15 is 0 Å². The first-order valence-corrected chi connectivity index (χ1v) is 7.59. The highest BCUT2D eigenvalue weighted by Crippen LogP contribution is 2.27. The molecule has 1 aromatic heterocycles. The van der Waals surface area contributed by atoms with E-state index in [0.717, 1.165) is 19.6 Å². The third kappa shape index (κ3) is 3.51. The van der Waals surface area contributed by atoms with Crippen LogP contribution in [0.3, 0.4) is 0 Å². The van der Waals surface area contributed by atoms with Gasteiger partial charge >= 0.3 is 0 Å². The molecule has 1 aromatic carbocycles. The minimum Gasteiger partial charge on any atom is -0.326 e. The molecule has 3 rings (SSSR count). The molecule has 2 N–H and O–H groups in total. The Bertz CT molecular complexity index is 627. The van der Waals surface area contributed by atoms with Crippen LogP contribution in [-0.4, -0.2) is 33.8 Å². The van der Waals surface area contributed by atoms with Gasteiger partial charge in [0.05, 0.1) is 6.20 Å². The topological polar surface area (TPSA) is 47.1 Å². The summed E-state index contributed by atoms with van der Waals surface area (Å²) in [6.07, 6.45) is 4.02. The van der Waals surface area contributed by atoms with Crippen molar-refractivity contribution in [3.8, 4) is 11.1 Å². The summed E-state index contributed by atoms with van der Waals surface area (Å²) in [5.74, 6) is 0.581. The Morgan fingerprint density at radius 1 is 1.32 bits per heavy atom. The van der Waals surface area contributed by atoms with E-state index in [9.17, 15) is 0 Å². The monoisotopic (exact) mass is 320 g/mol. The zero-order valence-electron chi connectivity index (χ0n) is 13.5. The minimum absolute atomic E-state index is 0. The third-order valence-corrected chi connectivity index (χ3v) is 4.42. The van der Waals surface area contributed by atoms with E-state index in [1.807, 2.05) is 17.9 Å². The lowest BCUT2D eigenvalue weighted by atomic mass is 9.99. The molecular weight excluding hydrogens is 296 g/mol. The average Bonchev–Trinajstić information content (AvgIpc) is 2.99. The highest BCUT2D eigenvalue weighted by Gasteiger charge is 2.26. The van der Waals surface area contributed by atoms with Gasteiger partial charge in [0.15, 0.2) is 0 Å². The first-order valence-electron chi connectivity index (χ1n) is 7.59. The van der Waals surface area contributed by atoms with Gasteiger partial charge in [-0.1, -0.05) is 30.7 Å². The average molecular weight is 321 g/mol. The van der Waals surface area contributed by atoms with Crippen molar-refractivity contribution in [2.24, 2.45) is 18.7 Å². The fourth-order valence-corrected chi connectivity index (χ4v) is 3.12. The van der Waals surface area contributed by atoms with Crippen molar-refractivity contribution in [1.82, 2.24) is 14.7 Å². The zero-order valence-corrected chi connectivity index (χ0v) is 14.3. The maximum absolute atomic E-state index is 6.14. The van der Waals surface area contributed by atoms with Crippen LogP contribution >= 0.6 is 12.4 Å². The van der Waals surface area contributed by atoms with E-state index < -0.39 is 0 Å². The quantitative estimate of drug-likeness (QED) is 0.945. The van der Waals surface area contributed by atoms with Crippen molar-refractivity contribution in [2.45, 2.75) is 26.4 Å². The van der Waals surface area contributed by atoms with E-state index in [2.05, 4.69) is 48.2 Å². The molecule has 2 atom stereocenters. The molecule has 4 nitrogen and oxygen atoms in total. The van der Waals surface area contributed by atoms with Gasteiger partial charge in [-0.15, -0.1) is 12.4 Å². The van der Waals surface area contributed by atoms with Gasteiger partial charge in [0.1, 0.15) is 0 Å². The standard InChI is InChI=1S/C17H24N4.ClH/c1-12-4-5-14(10-21-8-13(2)17(18)11-21)16(6-12)15-7-19-20(3)9-15;/h4-7,9,13,17H,8,10-11,18H2,1-3H3;1H. The molecule has 5 heteroatoms. The van der Waals surface area contributed by atoms with Crippen LogP contribution in [0.25, 0.3) is 11.1 Å². The van der Waals surface area contributed by atoms with Gasteiger partial charge in [-0.05, 0) is 24.0 Å². The summed E-state index contributed by atoms with van der Waals surface area (Å²) >= 11 is 0. The van der Waals surface area contributed by atoms with Gasteiger partial charge in [0.25, 0.3) is 0 Å². The Morgan fingerprint density at radius 2 is 2.09 bits per heavy atom. The smallest absolute Gasteiger partial charge is 0.0568 e. The van der Waals surface area contributed by atoms with E-state index in [-0.39, 0.29) is 12.4 Å². The van der Waals surface area contributed by atoms with E-state index in [4.69, 9.17) is 5.73 Å². The van der Waals surface area contributed by atoms with Crippen molar-refractivity contribution in [3.63, 3.8) is 0 Å². The molecule has 0 spiro atoms. The number of halogens is 1. The van der Waals surface area contributed by atoms with Gasteiger partial charge in [-0.25, -0.2) is 0 Å². The first-order chi connectivity index (χ1) is 10.0. The van der Waals surface area contributed by atoms with E-state index in [1.165, 1.54) is 22.3 Å². The molecule has 1 aliphatic rings. The van der Waals surface area contributed by atoms with Crippen molar-refractivity contribution in [3.05, 3.63) is 41.7 Å². The Labute approximate surface area is 138 Å². The Hall–Kier alpha value is -1.36. The highest BCUT2D eigenvalue weighted by molar-refractivity contribution is 5.85. The van der Waals surface area contributed by atoms with Gasteiger partial charge in [0.2, 0.25) is 0 Å². The van der Waals surface area contributed by atoms with Gasteiger partial charge in [-0.3, -0.25) is 9.58 Å². The van der Waals surface area contributed by atoms with Crippen molar-refractivity contribution in [2.75, 3.05) is 13.1 Å². The zero-order chi connectivity index (χ0) is 15.0. The number of rotatable bonds is 3. The summed E-state index contributed by atoms with van der Waals surface area (Å²) in [5.41, 5.74) is 11.3. The molecule has 0 amide bonds. The number of nitrogens with zero attached hydrogens (tertiary/aromatic N) is 3. The number of aromatic nitrogens is 2. The van der Waals surface area contributed by atoms with Gasteiger partial charge in [0, 0.05) is 44.5 Å². The van der Waals surface area contributed by atoms with Crippen LogP contribution in [0.2, 0.25) is 0 Å². The first kappa shape index (κ1) is 17.0. The number of aryl methyl sites for hydroxylation is 2. The van der Waals surface area contributed by atoms with Crippen LogP contribution in [0.5, 0.6) is 0 Å². The second-order valence-electron chi connectivity index (χ2n) is 6.40. The second-order valence-corrected chi connectivity index (χ2v) is 6.40. The van der Waals surface area contributed by atoms with Crippen LogP contribution in [0, 0.1) is 12.8 Å². The van der Waals surface area contributed by atoms with Crippen molar-refractivity contribution >= 4 is 12.4 Å². The van der Waals surface area contributed by atoms with Crippen LogP contribution < -0.4 is 5.73 Å². The lowest BCUT2D eigenvalue weighted by Crippen LogP contribution is -2.28. The van der Waals surface area contributed by atoms with Gasteiger partial charge in [-0.2, -0.15) is 5.10 Å². The minimum atomic E-state index is 0. The molecule has 0 saturated carbocycles. The van der Waals surface area contributed by atoms with Crippen LogP contribution in [0.1, 0.15) is 18.1 Å². The summed E-state index contributed by atoms with van der Waals surface area (Å²) in [6.45, 7) is 7.41. The number of hydrogen-bond acceptors (Lipinski definition) is 3. The van der Waals surface area contributed by atoms with Crippen molar-refractivity contribution < 1.29 is 0 Å². The van der Waals surface area contributed by atoms with E-state index in [0.29, 0.717) is 12.0 Å². The molecule has 1 saturated heterocycles. The molecule has 1 fully saturated rings. The summed E-state index contributed by atoms with van der Waals surface area (Å²) in [4.78, 5) is 2.46. The van der Waals surface area contributed by atoms with Crippen LogP contribution in [-0.2, 0) is 13.6 Å². The van der Waals surface area contributed by atoms with Crippen LogP contribution in [0.4, 0.5) is 0 Å². The Balaban J connectivity index is 0.00000176. The molecule has 120 valence electrons. The fraction of sp³-hybridized carbons (Fsp3) is 0.471. The number of nitrogens with two attached hydrogens (primary N) is 1. The fourth-order valence-electron chi connectivity index (χ4n) is 3.12. The number of benzene rings is 1. The molecule has 0 bridgehead atoms. The lowest BCUT2D eigenvalue weighted by Gasteiger charge is -2.18. The third-order valence-electron chi connectivity index (χ3n) is 4.42. The number of hydrogen-bond donors (Lipinski definition) is 1.